The molecule has 11 heavy (non-hydrogen) atoms. The lowest BCUT2D eigenvalue weighted by atomic mass is 9.86. The van der Waals surface area contributed by atoms with Gasteiger partial charge in [-0.2, -0.15) is 0 Å². The van der Waals surface area contributed by atoms with E-state index in [2.05, 4.69) is 0 Å². The van der Waals surface area contributed by atoms with Crippen molar-refractivity contribution >= 4 is 5.78 Å². The first-order valence-corrected chi connectivity index (χ1v) is 4.78. The lowest BCUT2D eigenvalue weighted by molar-refractivity contribution is -0.117. The van der Waals surface area contributed by atoms with Crippen LogP contribution < -0.4 is 0 Å². The zero-order valence-electron chi connectivity index (χ0n) is 7.44. The summed E-state index contributed by atoms with van der Waals surface area (Å²) in [6.45, 7) is 1.70. The van der Waals surface area contributed by atoms with E-state index in [-0.39, 0.29) is 0 Å². The number of hydrogen-bond donors (Lipinski definition) is 0. The SMILES string of the molecule is CC(=O)CCC1CCCCC1. The van der Waals surface area contributed by atoms with Gasteiger partial charge in [0.1, 0.15) is 5.78 Å². The molecule has 0 aromatic carbocycles. The molecule has 0 unspecified atom stereocenters. The third-order valence-electron chi connectivity index (χ3n) is 2.63. The molecule has 0 saturated heterocycles. The highest BCUT2D eigenvalue weighted by Crippen LogP contribution is 2.27. The fraction of sp³-hybridized carbons (Fsp3) is 0.900. The Morgan fingerprint density at radius 2 is 1.91 bits per heavy atom. The normalized spacial score (nSPS) is 20.1. The number of hydrogen-bond acceptors (Lipinski definition) is 1. The highest BCUT2D eigenvalue weighted by Gasteiger charge is 2.13. The fourth-order valence-electron chi connectivity index (χ4n) is 1.88. The van der Waals surface area contributed by atoms with E-state index in [1.807, 2.05) is 0 Å². The quantitative estimate of drug-likeness (QED) is 0.611. The van der Waals surface area contributed by atoms with Crippen LogP contribution in [0.25, 0.3) is 0 Å². The van der Waals surface area contributed by atoms with Crippen molar-refractivity contribution in [3.05, 3.63) is 0 Å². The average molecular weight is 154 g/mol. The van der Waals surface area contributed by atoms with Crippen LogP contribution in [0.15, 0.2) is 0 Å². The minimum atomic E-state index is 0.357. The molecule has 64 valence electrons. The number of carbonyl (C=O) groups excluding carboxylic acids is 1. The third kappa shape index (κ3) is 3.54. The number of rotatable bonds is 3. The van der Waals surface area contributed by atoms with Gasteiger partial charge in [0.25, 0.3) is 0 Å². The Morgan fingerprint density at radius 3 is 2.45 bits per heavy atom. The molecule has 0 bridgehead atoms. The number of Topliss-reactive ketones (excluding diaryl/α,β-unsaturated/α-hetero) is 1. The van der Waals surface area contributed by atoms with Gasteiger partial charge in [0.15, 0.2) is 0 Å². The highest BCUT2D eigenvalue weighted by atomic mass is 16.1. The smallest absolute Gasteiger partial charge is 0.129 e. The predicted octanol–water partition coefficient (Wildman–Crippen LogP) is 2.94. The van der Waals surface area contributed by atoms with Crippen molar-refractivity contribution in [3.8, 4) is 0 Å². The summed E-state index contributed by atoms with van der Waals surface area (Å²) in [4.78, 5) is 10.7. The molecule has 1 saturated carbocycles. The molecular weight excluding hydrogens is 136 g/mol. The summed E-state index contributed by atoms with van der Waals surface area (Å²) in [5, 5.41) is 0. The van der Waals surface area contributed by atoms with Gasteiger partial charge in [-0.1, -0.05) is 32.1 Å². The van der Waals surface area contributed by atoms with E-state index in [0.29, 0.717) is 5.78 Å². The van der Waals surface area contributed by atoms with E-state index >= 15 is 0 Å². The molecule has 0 amide bonds. The Hall–Kier alpha value is -0.330. The van der Waals surface area contributed by atoms with Crippen molar-refractivity contribution in [3.63, 3.8) is 0 Å². The molecule has 1 nitrogen and oxygen atoms in total. The maximum absolute atomic E-state index is 10.7. The summed E-state index contributed by atoms with van der Waals surface area (Å²) in [5.74, 6) is 1.23. The van der Waals surface area contributed by atoms with Crippen LogP contribution in [0.4, 0.5) is 0 Å². The molecule has 0 aliphatic heterocycles. The first-order chi connectivity index (χ1) is 5.29. The molecule has 0 radical (unpaired) electrons. The fourth-order valence-corrected chi connectivity index (χ4v) is 1.88. The Kier molecular flexibility index (Phi) is 3.61. The molecule has 0 aromatic heterocycles. The van der Waals surface area contributed by atoms with Crippen LogP contribution >= 0.6 is 0 Å². The van der Waals surface area contributed by atoms with Gasteiger partial charge in [-0.3, -0.25) is 0 Å². The monoisotopic (exact) mass is 154 g/mol. The lowest BCUT2D eigenvalue weighted by Crippen LogP contribution is -2.07. The van der Waals surface area contributed by atoms with Gasteiger partial charge in [0.05, 0.1) is 0 Å². The molecule has 0 aromatic rings. The summed E-state index contributed by atoms with van der Waals surface area (Å²) < 4.78 is 0. The molecule has 0 spiro atoms. The molecule has 1 rings (SSSR count). The van der Waals surface area contributed by atoms with Gasteiger partial charge in [-0.25, -0.2) is 0 Å². The minimum Gasteiger partial charge on any atom is -0.300 e. The van der Waals surface area contributed by atoms with E-state index in [4.69, 9.17) is 0 Å². The van der Waals surface area contributed by atoms with E-state index in [1.54, 1.807) is 6.92 Å². The van der Waals surface area contributed by atoms with Crippen molar-refractivity contribution in [2.24, 2.45) is 5.92 Å². The second-order valence-corrected chi connectivity index (χ2v) is 3.74. The van der Waals surface area contributed by atoms with Gasteiger partial charge in [0, 0.05) is 6.42 Å². The summed E-state index contributed by atoms with van der Waals surface area (Å²) in [6.07, 6.45) is 8.89. The van der Waals surface area contributed by atoms with Crippen LogP contribution in [0.1, 0.15) is 51.9 Å². The van der Waals surface area contributed by atoms with Crippen LogP contribution in [-0.4, -0.2) is 5.78 Å². The Labute approximate surface area is 69.2 Å². The van der Waals surface area contributed by atoms with E-state index in [1.165, 1.54) is 32.1 Å². The standard InChI is InChI=1S/C10H18O/c1-9(11)7-8-10-5-3-2-4-6-10/h10H,2-8H2,1H3. The van der Waals surface area contributed by atoms with Crippen molar-refractivity contribution in [2.75, 3.05) is 0 Å². The first-order valence-electron chi connectivity index (χ1n) is 4.78. The van der Waals surface area contributed by atoms with Gasteiger partial charge in [0.2, 0.25) is 0 Å². The third-order valence-corrected chi connectivity index (χ3v) is 2.63. The molecule has 1 heteroatoms. The highest BCUT2D eigenvalue weighted by molar-refractivity contribution is 5.75. The Morgan fingerprint density at radius 1 is 1.27 bits per heavy atom. The zero-order valence-corrected chi connectivity index (χ0v) is 7.44. The van der Waals surface area contributed by atoms with Crippen LogP contribution in [0.5, 0.6) is 0 Å². The van der Waals surface area contributed by atoms with Crippen molar-refractivity contribution in [1.82, 2.24) is 0 Å². The zero-order chi connectivity index (χ0) is 8.10. The number of carbonyl (C=O) groups is 1. The largest absolute Gasteiger partial charge is 0.300 e. The first kappa shape index (κ1) is 8.76. The second kappa shape index (κ2) is 4.53. The van der Waals surface area contributed by atoms with Gasteiger partial charge >= 0.3 is 0 Å². The van der Waals surface area contributed by atoms with Gasteiger partial charge in [-0.15, -0.1) is 0 Å². The summed E-state index contributed by atoms with van der Waals surface area (Å²) >= 11 is 0. The average Bonchev–Trinajstić information content (AvgIpc) is 2.03. The van der Waals surface area contributed by atoms with E-state index in [0.717, 1.165) is 18.8 Å². The molecule has 1 aliphatic rings. The maximum Gasteiger partial charge on any atom is 0.129 e. The summed E-state index contributed by atoms with van der Waals surface area (Å²) in [7, 11) is 0. The van der Waals surface area contributed by atoms with Crippen LogP contribution in [0, 0.1) is 5.92 Å². The lowest BCUT2D eigenvalue weighted by Gasteiger charge is -2.20. The topological polar surface area (TPSA) is 17.1 Å². The van der Waals surface area contributed by atoms with Crippen molar-refractivity contribution < 1.29 is 4.79 Å². The molecule has 1 aliphatic carbocycles. The minimum absolute atomic E-state index is 0.357. The summed E-state index contributed by atoms with van der Waals surface area (Å²) in [6, 6.07) is 0. The molecule has 1 fully saturated rings. The molecular formula is C10H18O. The number of ketones is 1. The van der Waals surface area contributed by atoms with E-state index in [9.17, 15) is 4.79 Å². The molecule has 0 N–H and O–H groups in total. The summed E-state index contributed by atoms with van der Waals surface area (Å²) in [5.41, 5.74) is 0. The van der Waals surface area contributed by atoms with Crippen LogP contribution in [0.2, 0.25) is 0 Å². The van der Waals surface area contributed by atoms with Gasteiger partial charge in [-0.05, 0) is 19.3 Å². The predicted molar refractivity (Wildman–Crippen MR) is 46.5 cm³/mol. The Bertz CT molecular complexity index is 123. The van der Waals surface area contributed by atoms with Crippen molar-refractivity contribution in [1.29, 1.82) is 0 Å². The Balaban J connectivity index is 2.09. The van der Waals surface area contributed by atoms with Crippen molar-refractivity contribution in [2.45, 2.75) is 51.9 Å². The second-order valence-electron chi connectivity index (χ2n) is 3.74. The van der Waals surface area contributed by atoms with Crippen LogP contribution in [-0.2, 0) is 4.79 Å². The maximum atomic E-state index is 10.7. The van der Waals surface area contributed by atoms with Gasteiger partial charge < -0.3 is 4.79 Å². The van der Waals surface area contributed by atoms with Crippen LogP contribution in [0.3, 0.4) is 0 Å². The van der Waals surface area contributed by atoms with E-state index < -0.39 is 0 Å². The molecule has 0 atom stereocenters. The molecule has 0 heterocycles.